The van der Waals surface area contributed by atoms with Crippen LogP contribution in [0.1, 0.15) is 28.1 Å². The van der Waals surface area contributed by atoms with Crippen LogP contribution in [0.25, 0.3) is 10.8 Å². The lowest BCUT2D eigenvalue weighted by Crippen LogP contribution is -2.44. The summed E-state index contributed by atoms with van der Waals surface area (Å²) in [5, 5.41) is 7.53. The van der Waals surface area contributed by atoms with Crippen molar-refractivity contribution in [1.82, 2.24) is 5.32 Å². The number of fused-ring (bicyclic) bond motifs is 1. The molecule has 0 spiro atoms. The quantitative estimate of drug-likeness (QED) is 0.757. The molecule has 1 aliphatic heterocycles. The number of ether oxygens (including phenoxy) is 1. The van der Waals surface area contributed by atoms with Crippen LogP contribution in [0.5, 0.6) is 0 Å². The lowest BCUT2D eigenvalue weighted by molar-refractivity contribution is 0.0499. The molecular formula is C21H21NO2S. The highest BCUT2D eigenvalue weighted by molar-refractivity contribution is 7.10. The van der Waals surface area contributed by atoms with Crippen LogP contribution in [0.15, 0.2) is 60.0 Å². The predicted molar refractivity (Wildman–Crippen MR) is 102 cm³/mol. The number of hydrogen-bond donors (Lipinski definition) is 1. The molecule has 1 aromatic heterocycles. The largest absolute Gasteiger partial charge is 0.381 e. The van der Waals surface area contributed by atoms with Crippen LogP contribution >= 0.6 is 11.3 Å². The predicted octanol–water partition coefficient (Wildman–Crippen LogP) is 4.38. The van der Waals surface area contributed by atoms with Crippen molar-refractivity contribution in [2.24, 2.45) is 0 Å². The first-order valence-corrected chi connectivity index (χ1v) is 9.54. The van der Waals surface area contributed by atoms with Gasteiger partial charge in [-0.1, -0.05) is 36.4 Å². The Morgan fingerprint density at radius 3 is 2.60 bits per heavy atom. The van der Waals surface area contributed by atoms with Crippen LogP contribution in [-0.2, 0) is 10.2 Å². The maximum Gasteiger partial charge on any atom is 0.251 e. The van der Waals surface area contributed by atoms with Crippen molar-refractivity contribution in [2.75, 3.05) is 19.8 Å². The molecule has 1 aliphatic rings. The summed E-state index contributed by atoms with van der Waals surface area (Å²) in [7, 11) is 0. The van der Waals surface area contributed by atoms with Gasteiger partial charge in [0.05, 0.1) is 0 Å². The number of carbonyl (C=O) groups excluding carboxylic acids is 1. The van der Waals surface area contributed by atoms with E-state index in [1.54, 1.807) is 11.3 Å². The molecule has 1 saturated heterocycles. The number of benzene rings is 2. The van der Waals surface area contributed by atoms with E-state index in [1.165, 1.54) is 4.88 Å². The van der Waals surface area contributed by atoms with Crippen molar-refractivity contribution in [2.45, 2.75) is 18.3 Å². The Morgan fingerprint density at radius 1 is 1.04 bits per heavy atom. The fourth-order valence-corrected chi connectivity index (χ4v) is 4.52. The molecule has 4 heteroatoms. The Labute approximate surface area is 151 Å². The van der Waals surface area contributed by atoms with Gasteiger partial charge in [-0.3, -0.25) is 4.79 Å². The van der Waals surface area contributed by atoms with Gasteiger partial charge in [0.25, 0.3) is 5.91 Å². The van der Waals surface area contributed by atoms with E-state index >= 15 is 0 Å². The minimum absolute atomic E-state index is 0.00107. The van der Waals surface area contributed by atoms with E-state index in [4.69, 9.17) is 4.74 Å². The van der Waals surface area contributed by atoms with E-state index in [0.717, 1.165) is 36.8 Å². The van der Waals surface area contributed by atoms with Gasteiger partial charge in [-0.25, -0.2) is 0 Å². The van der Waals surface area contributed by atoms with E-state index in [2.05, 4.69) is 28.9 Å². The van der Waals surface area contributed by atoms with Crippen molar-refractivity contribution in [1.29, 1.82) is 0 Å². The molecule has 25 heavy (non-hydrogen) atoms. The second-order valence-electron chi connectivity index (χ2n) is 6.61. The zero-order valence-corrected chi connectivity index (χ0v) is 14.9. The molecule has 2 aromatic carbocycles. The van der Waals surface area contributed by atoms with Crippen LogP contribution in [0.4, 0.5) is 0 Å². The lowest BCUT2D eigenvalue weighted by Gasteiger charge is -2.36. The number of amides is 1. The minimum atomic E-state index is -0.00632. The van der Waals surface area contributed by atoms with Gasteiger partial charge in [-0.15, -0.1) is 11.3 Å². The zero-order valence-electron chi connectivity index (χ0n) is 14.0. The number of carbonyl (C=O) groups is 1. The van der Waals surface area contributed by atoms with Crippen molar-refractivity contribution in [3.8, 4) is 0 Å². The number of hydrogen-bond acceptors (Lipinski definition) is 3. The number of rotatable bonds is 4. The van der Waals surface area contributed by atoms with Crippen molar-refractivity contribution >= 4 is 28.0 Å². The summed E-state index contributed by atoms with van der Waals surface area (Å²) in [6.07, 6.45) is 1.90. The van der Waals surface area contributed by atoms with E-state index in [1.807, 2.05) is 36.4 Å². The molecule has 1 N–H and O–H groups in total. The molecule has 0 unspecified atom stereocenters. The van der Waals surface area contributed by atoms with Gasteiger partial charge >= 0.3 is 0 Å². The fraction of sp³-hybridized carbons (Fsp3) is 0.286. The fourth-order valence-electron chi connectivity index (χ4n) is 3.53. The van der Waals surface area contributed by atoms with E-state index in [9.17, 15) is 4.79 Å². The highest BCUT2D eigenvalue weighted by Gasteiger charge is 2.35. The molecule has 3 nitrogen and oxygen atoms in total. The van der Waals surface area contributed by atoms with E-state index in [0.29, 0.717) is 12.1 Å². The molecule has 2 heterocycles. The van der Waals surface area contributed by atoms with E-state index < -0.39 is 0 Å². The average molecular weight is 351 g/mol. The summed E-state index contributed by atoms with van der Waals surface area (Å²) < 4.78 is 5.55. The average Bonchev–Trinajstić information content (AvgIpc) is 3.22. The molecular weight excluding hydrogens is 330 g/mol. The summed E-state index contributed by atoms with van der Waals surface area (Å²) in [5.41, 5.74) is 0.714. The normalized spacial score (nSPS) is 16.6. The van der Waals surface area contributed by atoms with Crippen molar-refractivity contribution in [3.05, 3.63) is 70.4 Å². The Hall–Kier alpha value is -2.17. The third-order valence-electron chi connectivity index (χ3n) is 5.09. The van der Waals surface area contributed by atoms with Gasteiger partial charge < -0.3 is 10.1 Å². The van der Waals surface area contributed by atoms with Gasteiger partial charge in [0.2, 0.25) is 0 Å². The molecule has 0 atom stereocenters. The summed E-state index contributed by atoms with van der Waals surface area (Å²) >= 11 is 1.77. The first-order chi connectivity index (χ1) is 12.3. The Morgan fingerprint density at radius 2 is 1.84 bits per heavy atom. The molecule has 0 saturated carbocycles. The van der Waals surface area contributed by atoms with Crippen LogP contribution in [0.3, 0.4) is 0 Å². The third-order valence-corrected chi connectivity index (χ3v) is 6.21. The van der Waals surface area contributed by atoms with Gasteiger partial charge in [-0.2, -0.15) is 0 Å². The third kappa shape index (κ3) is 3.32. The van der Waals surface area contributed by atoms with Gasteiger partial charge in [0.1, 0.15) is 0 Å². The highest BCUT2D eigenvalue weighted by Crippen LogP contribution is 2.37. The van der Waals surface area contributed by atoms with Crippen LogP contribution in [0.2, 0.25) is 0 Å². The molecule has 128 valence electrons. The van der Waals surface area contributed by atoms with Gasteiger partial charge in [-0.05, 0) is 47.2 Å². The zero-order chi connectivity index (χ0) is 17.1. The Kier molecular flexibility index (Phi) is 4.55. The van der Waals surface area contributed by atoms with Crippen molar-refractivity contribution < 1.29 is 9.53 Å². The molecule has 4 rings (SSSR count). The molecule has 0 radical (unpaired) electrons. The Balaban J connectivity index is 1.53. The first-order valence-electron chi connectivity index (χ1n) is 8.66. The lowest BCUT2D eigenvalue weighted by atomic mass is 9.78. The standard InChI is InChI=1S/C21H21NO2S/c23-20(18-8-7-16-4-1-2-5-17(16)14-18)22-15-21(9-11-24-12-10-21)19-6-3-13-25-19/h1-8,13-14H,9-12,15H2,(H,22,23). The van der Waals surface area contributed by atoms with Gasteiger partial charge in [0, 0.05) is 35.6 Å². The smallest absolute Gasteiger partial charge is 0.251 e. The highest BCUT2D eigenvalue weighted by atomic mass is 32.1. The summed E-state index contributed by atoms with van der Waals surface area (Å²) in [6, 6.07) is 18.2. The van der Waals surface area contributed by atoms with E-state index in [-0.39, 0.29) is 11.3 Å². The second-order valence-corrected chi connectivity index (χ2v) is 7.56. The molecule has 1 fully saturated rings. The van der Waals surface area contributed by atoms with Crippen LogP contribution < -0.4 is 5.32 Å². The number of thiophene rings is 1. The molecule has 1 amide bonds. The second kappa shape index (κ2) is 6.98. The van der Waals surface area contributed by atoms with Crippen LogP contribution in [-0.4, -0.2) is 25.7 Å². The summed E-state index contributed by atoms with van der Waals surface area (Å²) in [5.74, 6) is -0.00632. The summed E-state index contributed by atoms with van der Waals surface area (Å²) in [6.45, 7) is 2.16. The topological polar surface area (TPSA) is 38.3 Å². The number of nitrogens with one attached hydrogen (secondary N) is 1. The van der Waals surface area contributed by atoms with Crippen molar-refractivity contribution in [3.63, 3.8) is 0 Å². The maximum absolute atomic E-state index is 12.7. The summed E-state index contributed by atoms with van der Waals surface area (Å²) in [4.78, 5) is 14.0. The molecule has 0 aliphatic carbocycles. The Bertz CT molecular complexity index is 866. The minimum Gasteiger partial charge on any atom is -0.381 e. The van der Waals surface area contributed by atoms with Crippen LogP contribution in [0, 0.1) is 0 Å². The maximum atomic E-state index is 12.7. The molecule has 3 aromatic rings. The van der Waals surface area contributed by atoms with Gasteiger partial charge in [0.15, 0.2) is 0 Å². The monoisotopic (exact) mass is 351 g/mol. The first kappa shape index (κ1) is 16.3. The SMILES string of the molecule is O=C(NCC1(c2cccs2)CCOCC1)c1ccc2ccccc2c1. The molecule has 0 bridgehead atoms.